The van der Waals surface area contributed by atoms with Gasteiger partial charge in [-0.3, -0.25) is 4.79 Å². The van der Waals surface area contributed by atoms with Crippen LogP contribution in [-0.2, 0) is 16.6 Å². The van der Waals surface area contributed by atoms with Gasteiger partial charge in [-0.2, -0.15) is 11.3 Å². The van der Waals surface area contributed by atoms with E-state index in [0.717, 1.165) is 16.7 Å². The van der Waals surface area contributed by atoms with Gasteiger partial charge in [0.2, 0.25) is 5.91 Å². The monoisotopic (exact) mass is 403 g/mol. The predicted octanol–water partition coefficient (Wildman–Crippen LogP) is 5.77. The van der Waals surface area contributed by atoms with E-state index in [4.69, 9.17) is 0 Å². The average molecular weight is 403 g/mol. The molecule has 1 aliphatic heterocycles. The van der Waals surface area contributed by atoms with E-state index >= 15 is 0 Å². The molecule has 1 atom stereocenters. The maximum Gasteiger partial charge on any atom is 0.573 e. The van der Waals surface area contributed by atoms with Gasteiger partial charge < -0.3 is 10.1 Å². The van der Waals surface area contributed by atoms with E-state index in [2.05, 4.69) is 10.1 Å². The molecule has 3 aromatic rings. The van der Waals surface area contributed by atoms with E-state index in [1.165, 1.54) is 12.1 Å². The van der Waals surface area contributed by atoms with Crippen LogP contribution in [-0.4, -0.2) is 12.3 Å². The number of hydrogen-bond acceptors (Lipinski definition) is 3. The van der Waals surface area contributed by atoms with Gasteiger partial charge in [-0.05, 0) is 70.6 Å². The summed E-state index contributed by atoms with van der Waals surface area (Å²) in [5.74, 6) is -0.529. The number of fused-ring (bicyclic) bond motifs is 1. The zero-order valence-electron chi connectivity index (χ0n) is 14.8. The molecule has 1 N–H and O–H groups in total. The molecule has 4 rings (SSSR count). The minimum atomic E-state index is -4.79. The molecule has 3 nitrogen and oxygen atoms in total. The number of anilines is 1. The molecule has 2 aromatic carbocycles. The van der Waals surface area contributed by atoms with E-state index in [1.54, 1.807) is 30.4 Å². The Kier molecular flexibility index (Phi) is 4.42. The van der Waals surface area contributed by atoms with Crippen molar-refractivity contribution >= 4 is 22.9 Å². The normalized spacial score (nSPS) is 18.6. The second kappa shape index (κ2) is 6.67. The summed E-state index contributed by atoms with van der Waals surface area (Å²) in [6.07, 6.45) is -4.70. The fourth-order valence-corrected chi connectivity index (χ4v) is 4.20. The molecule has 0 spiro atoms. The molecular formula is C21H16F3NO2S. The minimum Gasteiger partial charge on any atom is -0.406 e. The third-order valence-electron chi connectivity index (χ3n) is 4.96. The second-order valence-corrected chi connectivity index (χ2v) is 7.67. The number of thiophene rings is 1. The molecule has 1 amide bonds. The SMILES string of the molecule is CC1(Cc2ccccc2OC(F)(F)F)C(=O)Nc2ccc(-c3ccsc3)cc21. The van der Waals surface area contributed by atoms with E-state index in [1.807, 2.05) is 35.0 Å². The van der Waals surface area contributed by atoms with Crippen LogP contribution in [0.3, 0.4) is 0 Å². The lowest BCUT2D eigenvalue weighted by molar-refractivity contribution is -0.274. The molecule has 0 radical (unpaired) electrons. The highest BCUT2D eigenvalue weighted by molar-refractivity contribution is 7.08. The van der Waals surface area contributed by atoms with Gasteiger partial charge in [0, 0.05) is 5.69 Å². The smallest absolute Gasteiger partial charge is 0.406 e. The van der Waals surface area contributed by atoms with Gasteiger partial charge in [-0.25, -0.2) is 0 Å². The second-order valence-electron chi connectivity index (χ2n) is 6.89. The molecule has 0 bridgehead atoms. The van der Waals surface area contributed by atoms with Crippen molar-refractivity contribution in [3.05, 3.63) is 70.4 Å². The summed E-state index contributed by atoms with van der Waals surface area (Å²) in [6, 6.07) is 13.6. The number of halogens is 3. The largest absolute Gasteiger partial charge is 0.573 e. The van der Waals surface area contributed by atoms with Crippen molar-refractivity contribution in [2.24, 2.45) is 0 Å². The Morgan fingerprint density at radius 1 is 1.11 bits per heavy atom. The summed E-state index contributed by atoms with van der Waals surface area (Å²) >= 11 is 1.57. The Morgan fingerprint density at radius 3 is 2.61 bits per heavy atom. The molecule has 0 saturated carbocycles. The van der Waals surface area contributed by atoms with Gasteiger partial charge in [0.05, 0.1) is 5.41 Å². The van der Waals surface area contributed by atoms with Gasteiger partial charge in [-0.1, -0.05) is 24.3 Å². The first-order chi connectivity index (χ1) is 13.3. The van der Waals surface area contributed by atoms with Gasteiger partial charge in [0.25, 0.3) is 0 Å². The van der Waals surface area contributed by atoms with Crippen molar-refractivity contribution in [3.8, 4) is 16.9 Å². The maximum absolute atomic E-state index is 12.8. The van der Waals surface area contributed by atoms with Gasteiger partial charge in [0.15, 0.2) is 0 Å². The fraction of sp³-hybridized carbons (Fsp3) is 0.190. The number of para-hydroxylation sites is 1. The zero-order chi connectivity index (χ0) is 19.9. The van der Waals surface area contributed by atoms with Crippen molar-refractivity contribution in [1.82, 2.24) is 0 Å². The third-order valence-corrected chi connectivity index (χ3v) is 5.64. The molecule has 7 heteroatoms. The Labute approximate surface area is 163 Å². The first-order valence-electron chi connectivity index (χ1n) is 8.58. The Morgan fingerprint density at radius 2 is 1.89 bits per heavy atom. The maximum atomic E-state index is 12.8. The number of nitrogens with one attached hydrogen (secondary N) is 1. The van der Waals surface area contributed by atoms with Crippen LogP contribution in [0, 0.1) is 0 Å². The summed E-state index contributed by atoms with van der Waals surface area (Å²) in [5.41, 5.74) is 2.76. The van der Waals surface area contributed by atoms with E-state index < -0.39 is 11.8 Å². The Bertz CT molecular complexity index is 1030. The third kappa shape index (κ3) is 3.38. The number of benzene rings is 2. The van der Waals surface area contributed by atoms with Crippen LogP contribution < -0.4 is 10.1 Å². The lowest BCUT2D eigenvalue weighted by atomic mass is 9.77. The summed E-state index contributed by atoms with van der Waals surface area (Å²) < 4.78 is 42.4. The molecule has 144 valence electrons. The minimum absolute atomic E-state index is 0.0885. The van der Waals surface area contributed by atoms with Crippen LogP contribution in [0.5, 0.6) is 5.75 Å². The van der Waals surface area contributed by atoms with Crippen molar-refractivity contribution in [1.29, 1.82) is 0 Å². The molecular weight excluding hydrogens is 387 g/mol. The highest BCUT2D eigenvalue weighted by atomic mass is 32.1. The van der Waals surface area contributed by atoms with Crippen molar-refractivity contribution < 1.29 is 22.7 Å². The van der Waals surface area contributed by atoms with Crippen molar-refractivity contribution in [2.75, 3.05) is 5.32 Å². The van der Waals surface area contributed by atoms with Gasteiger partial charge in [0.1, 0.15) is 5.75 Å². The number of carbonyl (C=O) groups excluding carboxylic acids is 1. The Balaban J connectivity index is 1.74. The lowest BCUT2D eigenvalue weighted by Crippen LogP contribution is -2.33. The van der Waals surface area contributed by atoms with Crippen LogP contribution >= 0.6 is 11.3 Å². The van der Waals surface area contributed by atoms with Crippen molar-refractivity contribution in [3.63, 3.8) is 0 Å². The highest BCUT2D eigenvalue weighted by Crippen LogP contribution is 2.43. The fourth-order valence-electron chi connectivity index (χ4n) is 3.53. The van der Waals surface area contributed by atoms with Crippen molar-refractivity contribution in [2.45, 2.75) is 25.1 Å². The standard InChI is InChI=1S/C21H16F3NO2S/c1-20(11-14-4-2-3-5-18(14)27-21(22,23)24)16-10-13(15-8-9-28-12-15)6-7-17(16)25-19(20)26/h2-10,12H,11H2,1H3,(H,25,26). The molecule has 28 heavy (non-hydrogen) atoms. The predicted molar refractivity (Wildman–Crippen MR) is 103 cm³/mol. The molecule has 1 unspecified atom stereocenters. The molecule has 2 heterocycles. The zero-order valence-corrected chi connectivity index (χ0v) is 15.7. The molecule has 0 aliphatic carbocycles. The molecule has 0 saturated heterocycles. The average Bonchev–Trinajstić information content (AvgIpc) is 3.24. The summed E-state index contributed by atoms with van der Waals surface area (Å²) in [4.78, 5) is 12.8. The lowest BCUT2D eigenvalue weighted by Gasteiger charge is -2.24. The number of carbonyl (C=O) groups is 1. The number of amides is 1. The molecule has 1 aromatic heterocycles. The van der Waals surface area contributed by atoms with E-state index in [0.29, 0.717) is 11.3 Å². The first kappa shape index (κ1) is 18.6. The number of alkyl halides is 3. The van der Waals surface area contributed by atoms with Crippen LogP contribution in [0.25, 0.3) is 11.1 Å². The Hall–Kier alpha value is -2.80. The summed E-state index contributed by atoms with van der Waals surface area (Å²) in [5, 5.41) is 6.83. The highest BCUT2D eigenvalue weighted by Gasteiger charge is 2.44. The van der Waals surface area contributed by atoms with Crippen LogP contribution in [0.2, 0.25) is 0 Å². The van der Waals surface area contributed by atoms with E-state index in [-0.39, 0.29) is 18.1 Å². The molecule has 0 fully saturated rings. The quantitative estimate of drug-likeness (QED) is 0.601. The number of ether oxygens (including phenoxy) is 1. The van der Waals surface area contributed by atoms with Gasteiger partial charge in [-0.15, -0.1) is 13.2 Å². The summed E-state index contributed by atoms with van der Waals surface area (Å²) in [6.45, 7) is 1.75. The summed E-state index contributed by atoms with van der Waals surface area (Å²) in [7, 11) is 0. The van der Waals surface area contributed by atoms with Crippen LogP contribution in [0.15, 0.2) is 59.3 Å². The van der Waals surface area contributed by atoms with Crippen LogP contribution in [0.4, 0.5) is 18.9 Å². The topological polar surface area (TPSA) is 38.3 Å². The van der Waals surface area contributed by atoms with E-state index in [9.17, 15) is 18.0 Å². The number of rotatable bonds is 4. The van der Waals surface area contributed by atoms with Crippen LogP contribution in [0.1, 0.15) is 18.1 Å². The first-order valence-corrected chi connectivity index (χ1v) is 9.53. The number of hydrogen-bond donors (Lipinski definition) is 1. The van der Waals surface area contributed by atoms with Gasteiger partial charge >= 0.3 is 6.36 Å². The molecule has 1 aliphatic rings.